The van der Waals surface area contributed by atoms with Crippen LogP contribution in [0, 0.1) is 0 Å². The van der Waals surface area contributed by atoms with Gasteiger partial charge in [-0.3, -0.25) is 19.5 Å². The van der Waals surface area contributed by atoms with Crippen LogP contribution in [-0.4, -0.2) is 27.5 Å². The van der Waals surface area contributed by atoms with Crippen molar-refractivity contribution in [2.24, 2.45) is 0 Å². The standard InChI is InChI=1S/C17H9Cl2F3N4O2/c18-9-6-11-12(7-10(9)19)26-15(23-11)24-14(28)16(26,17(20,21)22)25-13(27)8-4-2-1-3-5-8/h1-7H,(H,25,27)(H,23,24,28). The van der Waals surface area contributed by atoms with Gasteiger partial charge >= 0.3 is 6.18 Å². The Kier molecular flexibility index (Phi) is 4.06. The van der Waals surface area contributed by atoms with Crippen molar-refractivity contribution in [1.29, 1.82) is 0 Å². The number of aromatic nitrogens is 2. The van der Waals surface area contributed by atoms with Crippen LogP contribution in [0.3, 0.4) is 0 Å². The van der Waals surface area contributed by atoms with Gasteiger partial charge in [0.1, 0.15) is 0 Å². The molecule has 1 unspecified atom stereocenters. The molecule has 144 valence electrons. The fourth-order valence-electron chi connectivity index (χ4n) is 3.05. The quantitative estimate of drug-likeness (QED) is 0.648. The maximum absolute atomic E-state index is 14.2. The first-order valence-electron chi connectivity index (χ1n) is 7.79. The molecule has 1 aromatic heterocycles. The largest absolute Gasteiger partial charge is 0.440 e. The normalized spacial score (nSPS) is 18.8. The summed E-state index contributed by atoms with van der Waals surface area (Å²) in [6.07, 6.45) is -5.19. The third-order valence-electron chi connectivity index (χ3n) is 4.33. The van der Waals surface area contributed by atoms with Crippen molar-refractivity contribution < 1.29 is 22.8 Å². The van der Waals surface area contributed by atoms with Crippen LogP contribution in [-0.2, 0) is 10.5 Å². The molecule has 0 aliphatic carbocycles. The maximum atomic E-state index is 14.2. The summed E-state index contributed by atoms with van der Waals surface area (Å²) in [5.74, 6) is -2.95. The monoisotopic (exact) mass is 428 g/mol. The van der Waals surface area contributed by atoms with E-state index in [9.17, 15) is 22.8 Å². The summed E-state index contributed by atoms with van der Waals surface area (Å²) in [7, 11) is 0. The van der Waals surface area contributed by atoms with Crippen LogP contribution in [0.15, 0.2) is 42.5 Å². The predicted octanol–water partition coefficient (Wildman–Crippen LogP) is 3.94. The molecule has 0 spiro atoms. The highest BCUT2D eigenvalue weighted by atomic mass is 35.5. The number of halogens is 5. The van der Waals surface area contributed by atoms with Crippen LogP contribution in [0.5, 0.6) is 0 Å². The number of alkyl halides is 3. The molecule has 2 aromatic carbocycles. The number of amides is 2. The van der Waals surface area contributed by atoms with E-state index in [4.69, 9.17) is 23.2 Å². The number of hydrogen-bond donors (Lipinski definition) is 2. The van der Waals surface area contributed by atoms with Crippen molar-refractivity contribution in [2.45, 2.75) is 11.8 Å². The third-order valence-corrected chi connectivity index (χ3v) is 5.05. The number of carbonyl (C=O) groups is 2. The van der Waals surface area contributed by atoms with E-state index in [1.54, 1.807) is 6.07 Å². The molecule has 1 aliphatic heterocycles. The van der Waals surface area contributed by atoms with Crippen molar-refractivity contribution in [2.75, 3.05) is 5.32 Å². The summed E-state index contributed by atoms with van der Waals surface area (Å²) in [5, 5.41) is 3.97. The van der Waals surface area contributed by atoms with Crippen LogP contribution in [0.1, 0.15) is 10.4 Å². The topological polar surface area (TPSA) is 76.0 Å². The molecule has 6 nitrogen and oxygen atoms in total. The second-order valence-corrected chi connectivity index (χ2v) is 6.82. The summed E-state index contributed by atoms with van der Waals surface area (Å²) >= 11 is 11.8. The minimum atomic E-state index is -5.19. The fourth-order valence-corrected chi connectivity index (χ4v) is 3.37. The highest BCUT2D eigenvalue weighted by Gasteiger charge is 2.67. The maximum Gasteiger partial charge on any atom is 0.440 e. The first kappa shape index (κ1) is 18.6. The summed E-state index contributed by atoms with van der Waals surface area (Å²) in [5.41, 5.74) is -3.49. The zero-order valence-electron chi connectivity index (χ0n) is 13.6. The molecule has 0 radical (unpaired) electrons. The van der Waals surface area contributed by atoms with Gasteiger partial charge in [0.05, 0.1) is 21.1 Å². The van der Waals surface area contributed by atoms with E-state index in [1.807, 2.05) is 5.32 Å². The van der Waals surface area contributed by atoms with Gasteiger partial charge in [-0.25, -0.2) is 4.98 Å². The van der Waals surface area contributed by atoms with Crippen LogP contribution in [0.4, 0.5) is 19.1 Å². The lowest BCUT2D eigenvalue weighted by molar-refractivity contribution is -0.213. The van der Waals surface area contributed by atoms with E-state index < -0.39 is 23.7 Å². The van der Waals surface area contributed by atoms with E-state index in [0.29, 0.717) is 4.57 Å². The SMILES string of the molecule is O=C(NC1(C(F)(F)F)C(=O)Nc2nc3cc(Cl)c(Cl)cc3n21)c1ccccc1. The van der Waals surface area contributed by atoms with Crippen molar-refractivity contribution in [3.8, 4) is 0 Å². The van der Waals surface area contributed by atoms with Crippen LogP contribution in [0.2, 0.25) is 10.0 Å². The van der Waals surface area contributed by atoms with Gasteiger partial charge in [-0.1, -0.05) is 41.4 Å². The van der Waals surface area contributed by atoms with Gasteiger partial charge in [0, 0.05) is 5.56 Å². The number of nitrogens with zero attached hydrogens (tertiary/aromatic N) is 2. The van der Waals surface area contributed by atoms with Gasteiger partial charge in [-0.05, 0) is 24.3 Å². The Labute approximate surface area is 165 Å². The molecule has 2 amide bonds. The number of benzene rings is 2. The Morgan fingerprint density at radius 3 is 2.43 bits per heavy atom. The molecule has 2 N–H and O–H groups in total. The Bertz CT molecular complexity index is 1130. The predicted molar refractivity (Wildman–Crippen MR) is 96.3 cm³/mol. The minimum Gasteiger partial charge on any atom is -0.313 e. The Morgan fingerprint density at radius 1 is 1.14 bits per heavy atom. The summed E-state index contributed by atoms with van der Waals surface area (Å²) in [4.78, 5) is 28.9. The zero-order chi connectivity index (χ0) is 20.3. The van der Waals surface area contributed by atoms with Crippen LogP contribution < -0.4 is 10.6 Å². The Balaban J connectivity index is 1.95. The molecule has 0 bridgehead atoms. The molecule has 1 atom stereocenters. The third kappa shape index (κ3) is 2.54. The number of fused-ring (bicyclic) bond motifs is 3. The van der Waals surface area contributed by atoms with Gasteiger partial charge in [0.2, 0.25) is 5.95 Å². The molecule has 4 rings (SSSR count). The van der Waals surface area contributed by atoms with Gasteiger partial charge in [-0.2, -0.15) is 13.2 Å². The number of imidazole rings is 1. The Morgan fingerprint density at radius 2 is 1.79 bits per heavy atom. The smallest absolute Gasteiger partial charge is 0.313 e. The van der Waals surface area contributed by atoms with Crippen molar-refractivity contribution in [1.82, 2.24) is 14.9 Å². The lowest BCUT2D eigenvalue weighted by Gasteiger charge is -2.32. The minimum absolute atomic E-state index is 0.0262. The number of hydrogen-bond acceptors (Lipinski definition) is 3. The number of nitrogens with one attached hydrogen (secondary N) is 2. The highest BCUT2D eigenvalue weighted by molar-refractivity contribution is 6.42. The summed E-state index contributed by atoms with van der Waals surface area (Å²) in [6, 6.07) is 9.67. The number of rotatable bonds is 2. The highest BCUT2D eigenvalue weighted by Crippen LogP contribution is 2.45. The summed E-state index contributed by atoms with van der Waals surface area (Å²) in [6.45, 7) is 0. The molecule has 0 fully saturated rings. The second-order valence-electron chi connectivity index (χ2n) is 6.01. The average molecular weight is 429 g/mol. The molecule has 0 saturated carbocycles. The van der Waals surface area contributed by atoms with Crippen LogP contribution in [0.25, 0.3) is 11.0 Å². The van der Waals surface area contributed by atoms with Gasteiger partial charge in [-0.15, -0.1) is 0 Å². The first-order valence-corrected chi connectivity index (χ1v) is 8.54. The second kappa shape index (κ2) is 6.11. The molecule has 1 aliphatic rings. The molecular formula is C17H9Cl2F3N4O2. The zero-order valence-corrected chi connectivity index (χ0v) is 15.2. The molecule has 2 heterocycles. The van der Waals surface area contributed by atoms with Crippen molar-refractivity contribution in [3.05, 3.63) is 58.1 Å². The van der Waals surface area contributed by atoms with Gasteiger partial charge in [0.15, 0.2) is 0 Å². The van der Waals surface area contributed by atoms with E-state index in [0.717, 1.165) is 6.07 Å². The first-order chi connectivity index (χ1) is 13.1. The summed E-state index contributed by atoms with van der Waals surface area (Å²) < 4.78 is 43.2. The van der Waals surface area contributed by atoms with Crippen molar-refractivity contribution in [3.63, 3.8) is 0 Å². The molecule has 0 saturated heterocycles. The Hall–Kier alpha value is -2.78. The molecular weight excluding hydrogens is 420 g/mol. The number of carbonyl (C=O) groups excluding carboxylic acids is 2. The van der Waals surface area contributed by atoms with E-state index in [1.165, 1.54) is 30.3 Å². The van der Waals surface area contributed by atoms with Gasteiger partial charge in [0.25, 0.3) is 17.5 Å². The fraction of sp³-hybridized carbons (Fsp3) is 0.118. The van der Waals surface area contributed by atoms with Crippen molar-refractivity contribution >= 4 is 52.0 Å². The van der Waals surface area contributed by atoms with E-state index in [2.05, 4.69) is 10.3 Å². The van der Waals surface area contributed by atoms with E-state index in [-0.39, 0.29) is 32.6 Å². The lowest BCUT2D eigenvalue weighted by atomic mass is 10.1. The van der Waals surface area contributed by atoms with Crippen LogP contribution >= 0.6 is 23.2 Å². The van der Waals surface area contributed by atoms with Gasteiger partial charge < -0.3 is 5.32 Å². The number of anilines is 1. The molecule has 11 heteroatoms. The lowest BCUT2D eigenvalue weighted by Crippen LogP contribution is -2.63. The van der Waals surface area contributed by atoms with E-state index >= 15 is 0 Å². The molecule has 28 heavy (non-hydrogen) atoms. The molecule has 3 aromatic rings. The average Bonchev–Trinajstić information content (AvgIpc) is 3.10.